The van der Waals surface area contributed by atoms with E-state index in [0.717, 1.165) is 63.7 Å². The average Bonchev–Trinajstić information content (AvgIpc) is 3.23. The van der Waals surface area contributed by atoms with Crippen LogP contribution in [0.3, 0.4) is 0 Å². The molecule has 0 aliphatic rings. The minimum absolute atomic E-state index is 0.0626. The van der Waals surface area contributed by atoms with Crippen molar-refractivity contribution in [2.75, 3.05) is 13.2 Å². The number of hydrogen-bond acceptors (Lipinski definition) is 6. The maximum absolute atomic E-state index is 12.8. The van der Waals surface area contributed by atoms with Crippen LogP contribution in [0.15, 0.2) is 0 Å². The topological polar surface area (TPSA) is 78.9 Å². The summed E-state index contributed by atoms with van der Waals surface area (Å²) in [5.41, 5.74) is 0. The Hall–Kier alpha value is -1.59. The summed E-state index contributed by atoms with van der Waals surface area (Å²) in [6.07, 6.45) is 50.9. The van der Waals surface area contributed by atoms with Gasteiger partial charge < -0.3 is 14.2 Å². The Morgan fingerprint density at radius 1 is 0.317 bits per heavy atom. The lowest BCUT2D eigenvalue weighted by Gasteiger charge is -2.18. The van der Waals surface area contributed by atoms with Crippen molar-refractivity contribution in [3.05, 3.63) is 0 Å². The molecular formula is C54H104O6. The highest BCUT2D eigenvalue weighted by Crippen LogP contribution is 2.17. The molecule has 0 aromatic heterocycles. The highest BCUT2D eigenvalue weighted by Gasteiger charge is 2.19. The molecule has 0 radical (unpaired) electrons. The van der Waals surface area contributed by atoms with E-state index in [0.29, 0.717) is 19.3 Å². The number of hydrogen-bond donors (Lipinski definition) is 0. The van der Waals surface area contributed by atoms with Crippen LogP contribution in [0.4, 0.5) is 0 Å². The second kappa shape index (κ2) is 48.4. The number of rotatable bonds is 49. The van der Waals surface area contributed by atoms with Crippen LogP contribution < -0.4 is 0 Å². The molecule has 0 aromatic rings. The van der Waals surface area contributed by atoms with E-state index >= 15 is 0 Å². The number of ether oxygens (including phenoxy) is 3. The molecule has 356 valence electrons. The van der Waals surface area contributed by atoms with Gasteiger partial charge in [-0.1, -0.05) is 265 Å². The van der Waals surface area contributed by atoms with Gasteiger partial charge in [0.1, 0.15) is 13.2 Å². The number of esters is 3. The zero-order valence-corrected chi connectivity index (χ0v) is 40.9. The molecule has 0 heterocycles. The largest absolute Gasteiger partial charge is 0.462 e. The minimum Gasteiger partial charge on any atom is -0.462 e. The highest BCUT2D eigenvalue weighted by molar-refractivity contribution is 5.71. The molecule has 0 bridgehead atoms. The van der Waals surface area contributed by atoms with Crippen molar-refractivity contribution >= 4 is 17.9 Å². The molecule has 60 heavy (non-hydrogen) atoms. The zero-order chi connectivity index (χ0) is 43.8. The van der Waals surface area contributed by atoms with Gasteiger partial charge in [-0.15, -0.1) is 0 Å². The van der Waals surface area contributed by atoms with Crippen LogP contribution in [-0.4, -0.2) is 37.2 Å². The molecule has 0 rings (SSSR count). The second-order valence-electron chi connectivity index (χ2n) is 19.0. The maximum atomic E-state index is 12.8. The number of unbranched alkanes of at least 4 members (excludes halogenated alkanes) is 36. The molecule has 6 heteroatoms. The fourth-order valence-electron chi connectivity index (χ4n) is 8.22. The van der Waals surface area contributed by atoms with E-state index in [4.69, 9.17) is 14.2 Å². The predicted molar refractivity (Wildman–Crippen MR) is 257 cm³/mol. The van der Waals surface area contributed by atoms with Crippen LogP contribution in [0.5, 0.6) is 0 Å². The number of carbonyl (C=O) groups is 3. The molecule has 0 unspecified atom stereocenters. The Morgan fingerprint density at radius 3 is 0.817 bits per heavy atom. The van der Waals surface area contributed by atoms with Crippen LogP contribution in [0.1, 0.15) is 304 Å². The number of carbonyl (C=O) groups excluding carboxylic acids is 3. The van der Waals surface area contributed by atoms with Crippen molar-refractivity contribution in [2.24, 2.45) is 5.92 Å². The van der Waals surface area contributed by atoms with E-state index in [1.54, 1.807) is 0 Å². The maximum Gasteiger partial charge on any atom is 0.306 e. The fourth-order valence-corrected chi connectivity index (χ4v) is 8.22. The van der Waals surface area contributed by atoms with Gasteiger partial charge in [0.25, 0.3) is 0 Å². The predicted octanol–water partition coefficient (Wildman–Crippen LogP) is 17.5. The molecule has 0 fully saturated rings. The molecule has 0 saturated heterocycles. The molecule has 6 nitrogen and oxygen atoms in total. The van der Waals surface area contributed by atoms with Crippen molar-refractivity contribution in [2.45, 2.75) is 310 Å². The highest BCUT2D eigenvalue weighted by atomic mass is 16.6. The van der Waals surface area contributed by atoms with Crippen molar-refractivity contribution in [1.29, 1.82) is 0 Å². The van der Waals surface area contributed by atoms with Gasteiger partial charge >= 0.3 is 17.9 Å². The van der Waals surface area contributed by atoms with Gasteiger partial charge in [-0.2, -0.15) is 0 Å². The lowest BCUT2D eigenvalue weighted by Crippen LogP contribution is -2.30. The van der Waals surface area contributed by atoms with Crippen molar-refractivity contribution in [3.63, 3.8) is 0 Å². The molecule has 0 aromatic carbocycles. The van der Waals surface area contributed by atoms with E-state index < -0.39 is 6.10 Å². The van der Waals surface area contributed by atoms with Gasteiger partial charge in [-0.05, 0) is 25.2 Å². The first-order valence-corrected chi connectivity index (χ1v) is 26.9. The lowest BCUT2D eigenvalue weighted by atomic mass is 10.0. The third-order valence-electron chi connectivity index (χ3n) is 12.3. The molecule has 1 atom stereocenters. The van der Waals surface area contributed by atoms with E-state index in [1.807, 2.05) is 0 Å². The first-order chi connectivity index (χ1) is 29.4. The molecule has 0 amide bonds. The Morgan fingerprint density at radius 2 is 0.550 bits per heavy atom. The van der Waals surface area contributed by atoms with Crippen LogP contribution in [0.25, 0.3) is 0 Å². The first-order valence-electron chi connectivity index (χ1n) is 26.9. The van der Waals surface area contributed by atoms with Gasteiger partial charge in [0.2, 0.25) is 0 Å². The van der Waals surface area contributed by atoms with Crippen molar-refractivity contribution in [1.82, 2.24) is 0 Å². The Labute approximate surface area is 374 Å². The first kappa shape index (κ1) is 58.4. The quantitative estimate of drug-likeness (QED) is 0.0345. The Kier molecular flexibility index (Phi) is 47.2. The van der Waals surface area contributed by atoms with Crippen LogP contribution in [0, 0.1) is 5.92 Å². The third-order valence-corrected chi connectivity index (χ3v) is 12.3. The normalized spacial score (nSPS) is 11.9. The summed E-state index contributed by atoms with van der Waals surface area (Å²) in [7, 11) is 0. The van der Waals surface area contributed by atoms with E-state index in [-0.39, 0.29) is 31.1 Å². The van der Waals surface area contributed by atoms with Gasteiger partial charge in [0.05, 0.1) is 0 Å². The van der Waals surface area contributed by atoms with Crippen LogP contribution in [-0.2, 0) is 28.6 Å². The summed E-state index contributed by atoms with van der Waals surface area (Å²) >= 11 is 0. The van der Waals surface area contributed by atoms with Gasteiger partial charge in [0.15, 0.2) is 6.10 Å². The summed E-state index contributed by atoms with van der Waals surface area (Å²) in [6, 6.07) is 0. The zero-order valence-electron chi connectivity index (χ0n) is 40.9. The molecule has 0 aliphatic heterocycles. The Balaban J connectivity index is 4.27. The summed E-state index contributed by atoms with van der Waals surface area (Å²) < 4.78 is 16.8. The molecule has 0 saturated carbocycles. The van der Waals surface area contributed by atoms with E-state index in [1.165, 1.54) is 199 Å². The molecule has 0 N–H and O–H groups in total. The van der Waals surface area contributed by atoms with Crippen molar-refractivity contribution < 1.29 is 28.6 Å². The Bertz CT molecular complexity index is 903. The van der Waals surface area contributed by atoms with Gasteiger partial charge in [0, 0.05) is 19.3 Å². The van der Waals surface area contributed by atoms with E-state index in [9.17, 15) is 14.4 Å². The standard InChI is InChI=1S/C54H104O6/c1-5-7-9-11-13-15-17-18-19-20-21-22-27-31-35-39-43-47-54(57)60-51(48-58-52(55)45-41-37-33-29-16-14-12-10-8-6-2)49-59-53(56)46-42-38-34-30-26-24-23-25-28-32-36-40-44-50(3)4/h50-51H,5-49H2,1-4H3/t51-/m0/s1. The van der Waals surface area contributed by atoms with Crippen LogP contribution in [0.2, 0.25) is 0 Å². The molecule has 0 aliphatic carbocycles. The molecule has 0 spiro atoms. The summed E-state index contributed by atoms with van der Waals surface area (Å²) in [5, 5.41) is 0. The SMILES string of the molecule is CCCCCCCCCCCCCCCCCCCC(=O)O[C@@H](COC(=O)CCCCCCCCCCCC)COC(=O)CCCCCCCCCCCCCCC(C)C. The van der Waals surface area contributed by atoms with Crippen molar-refractivity contribution in [3.8, 4) is 0 Å². The average molecular weight is 849 g/mol. The smallest absolute Gasteiger partial charge is 0.306 e. The van der Waals surface area contributed by atoms with Crippen LogP contribution >= 0.6 is 0 Å². The minimum atomic E-state index is -0.760. The summed E-state index contributed by atoms with van der Waals surface area (Å²) in [5.74, 6) is -0.00899. The lowest BCUT2D eigenvalue weighted by molar-refractivity contribution is -0.167. The summed E-state index contributed by atoms with van der Waals surface area (Å²) in [4.78, 5) is 37.9. The summed E-state index contributed by atoms with van der Waals surface area (Å²) in [6.45, 7) is 9.03. The monoisotopic (exact) mass is 849 g/mol. The van der Waals surface area contributed by atoms with Gasteiger partial charge in [-0.25, -0.2) is 0 Å². The third kappa shape index (κ3) is 47.5. The second-order valence-corrected chi connectivity index (χ2v) is 19.0. The fraction of sp³-hybridized carbons (Fsp3) is 0.944. The van der Waals surface area contributed by atoms with Gasteiger partial charge in [-0.3, -0.25) is 14.4 Å². The molecular weight excluding hydrogens is 745 g/mol. The van der Waals surface area contributed by atoms with E-state index in [2.05, 4.69) is 27.7 Å².